The first-order valence-electron chi connectivity index (χ1n) is 2.98. The van der Waals surface area contributed by atoms with E-state index in [0.717, 1.165) is 15.6 Å². The summed E-state index contributed by atoms with van der Waals surface area (Å²) in [5.74, 6) is 0.641. The summed E-state index contributed by atoms with van der Waals surface area (Å²) in [5.41, 5.74) is 0. The van der Waals surface area contributed by atoms with Crippen LogP contribution >= 0.6 is 27.3 Å². The highest BCUT2D eigenvalue weighted by atomic mass is 79.9. The molecule has 4 heteroatoms. The summed E-state index contributed by atoms with van der Waals surface area (Å²) >= 11 is 4.75. The van der Waals surface area contributed by atoms with E-state index in [-0.39, 0.29) is 0 Å². The van der Waals surface area contributed by atoms with Crippen LogP contribution in [0.25, 0.3) is 0 Å². The fourth-order valence-electron chi connectivity index (χ4n) is 0.792. The maximum absolute atomic E-state index is 10.5. The Morgan fingerprint density at radius 1 is 1.64 bits per heavy atom. The van der Waals surface area contributed by atoms with Crippen molar-refractivity contribution in [3.63, 3.8) is 0 Å². The predicted octanol–water partition coefficient (Wildman–Crippen LogP) is 2.64. The summed E-state index contributed by atoms with van der Waals surface area (Å²) in [6.07, 6.45) is 0.807. The minimum atomic E-state index is 0.636. The normalized spacial score (nSPS) is 9.73. The smallest absolute Gasteiger partial charge is 0.163 e. The van der Waals surface area contributed by atoms with Gasteiger partial charge in [0.1, 0.15) is 4.88 Å². The molecule has 0 aliphatic rings. The van der Waals surface area contributed by atoms with Crippen molar-refractivity contribution < 1.29 is 9.53 Å². The van der Waals surface area contributed by atoms with E-state index in [1.54, 1.807) is 7.11 Å². The average Bonchev–Trinajstić information content (AvgIpc) is 2.28. The van der Waals surface area contributed by atoms with Gasteiger partial charge in [-0.25, -0.2) is 0 Å². The molecule has 0 saturated carbocycles. The number of ether oxygens (including phenoxy) is 1. The molecule has 60 valence electrons. The van der Waals surface area contributed by atoms with Gasteiger partial charge in [0.05, 0.1) is 11.6 Å². The number of carbonyl (C=O) groups excluding carboxylic acids is 1. The lowest BCUT2D eigenvalue weighted by Gasteiger charge is -1.96. The Labute approximate surface area is 77.3 Å². The molecule has 11 heavy (non-hydrogen) atoms. The summed E-state index contributed by atoms with van der Waals surface area (Å²) in [6, 6.07) is 0. The second kappa shape index (κ2) is 3.36. The molecular weight excluding hydrogens is 228 g/mol. The quantitative estimate of drug-likeness (QED) is 0.736. The van der Waals surface area contributed by atoms with E-state index in [9.17, 15) is 4.79 Å². The number of halogens is 1. The molecule has 1 aromatic heterocycles. The van der Waals surface area contributed by atoms with Gasteiger partial charge in [-0.3, -0.25) is 4.79 Å². The number of thiophene rings is 1. The van der Waals surface area contributed by atoms with Crippen LogP contribution in [-0.4, -0.2) is 13.4 Å². The second-order valence-corrected chi connectivity index (χ2v) is 4.04. The summed E-state index contributed by atoms with van der Waals surface area (Å²) in [6.45, 7) is 1.93. The van der Waals surface area contributed by atoms with Crippen molar-refractivity contribution >= 4 is 33.6 Å². The number of aldehydes is 1. The molecule has 1 rings (SSSR count). The van der Waals surface area contributed by atoms with E-state index in [2.05, 4.69) is 15.9 Å². The Bertz CT molecular complexity index is 280. The topological polar surface area (TPSA) is 26.3 Å². The number of hydrogen-bond acceptors (Lipinski definition) is 3. The van der Waals surface area contributed by atoms with E-state index in [4.69, 9.17) is 4.74 Å². The summed E-state index contributed by atoms with van der Waals surface area (Å²) in [5, 5.41) is 0. The zero-order valence-electron chi connectivity index (χ0n) is 6.18. The van der Waals surface area contributed by atoms with Crippen LogP contribution in [0.4, 0.5) is 0 Å². The lowest BCUT2D eigenvalue weighted by atomic mass is 10.4. The molecule has 0 bridgehead atoms. The maximum atomic E-state index is 10.5. The third-order valence-corrected chi connectivity index (χ3v) is 3.54. The highest BCUT2D eigenvalue weighted by Crippen LogP contribution is 2.37. The first-order valence-corrected chi connectivity index (χ1v) is 4.59. The highest BCUT2D eigenvalue weighted by Gasteiger charge is 2.12. The molecule has 0 saturated heterocycles. The van der Waals surface area contributed by atoms with Crippen molar-refractivity contribution in [2.75, 3.05) is 7.11 Å². The lowest BCUT2D eigenvalue weighted by molar-refractivity contribution is 0.112. The highest BCUT2D eigenvalue weighted by molar-refractivity contribution is 9.10. The SMILES string of the molecule is COc1c(C=O)sc(C)c1Br. The predicted molar refractivity (Wildman–Crippen MR) is 48.7 cm³/mol. The summed E-state index contributed by atoms with van der Waals surface area (Å²) in [4.78, 5) is 12.2. The van der Waals surface area contributed by atoms with Gasteiger partial charge in [0, 0.05) is 4.88 Å². The van der Waals surface area contributed by atoms with E-state index < -0.39 is 0 Å². The Kier molecular flexibility index (Phi) is 2.67. The van der Waals surface area contributed by atoms with E-state index in [1.807, 2.05) is 6.92 Å². The van der Waals surface area contributed by atoms with Crippen LogP contribution in [0.2, 0.25) is 0 Å². The van der Waals surface area contributed by atoms with Crippen LogP contribution in [0.3, 0.4) is 0 Å². The lowest BCUT2D eigenvalue weighted by Crippen LogP contribution is -1.84. The average molecular weight is 235 g/mol. The molecule has 0 N–H and O–H groups in total. The van der Waals surface area contributed by atoms with Gasteiger partial charge in [-0.15, -0.1) is 11.3 Å². The fraction of sp³-hybridized carbons (Fsp3) is 0.286. The molecular formula is C7H7BrO2S. The van der Waals surface area contributed by atoms with Gasteiger partial charge in [0.15, 0.2) is 12.0 Å². The van der Waals surface area contributed by atoms with Crippen molar-refractivity contribution in [1.29, 1.82) is 0 Å². The number of carbonyl (C=O) groups is 1. The maximum Gasteiger partial charge on any atom is 0.163 e. The van der Waals surface area contributed by atoms with Crippen LogP contribution in [0.5, 0.6) is 5.75 Å². The Hall–Kier alpha value is -0.350. The van der Waals surface area contributed by atoms with Gasteiger partial charge in [-0.1, -0.05) is 0 Å². The molecule has 0 aromatic carbocycles. The van der Waals surface area contributed by atoms with Crippen molar-refractivity contribution in [3.8, 4) is 5.75 Å². The van der Waals surface area contributed by atoms with Crippen molar-refractivity contribution in [2.45, 2.75) is 6.92 Å². The van der Waals surface area contributed by atoms with Crippen LogP contribution in [0.1, 0.15) is 14.5 Å². The number of aryl methyl sites for hydroxylation is 1. The second-order valence-electron chi connectivity index (χ2n) is 1.99. The largest absolute Gasteiger partial charge is 0.494 e. The molecule has 0 aliphatic carbocycles. The molecule has 0 unspecified atom stereocenters. The summed E-state index contributed by atoms with van der Waals surface area (Å²) in [7, 11) is 1.55. The van der Waals surface area contributed by atoms with Crippen molar-refractivity contribution in [3.05, 3.63) is 14.2 Å². The van der Waals surface area contributed by atoms with Crippen molar-refractivity contribution in [1.82, 2.24) is 0 Å². The molecule has 2 nitrogen and oxygen atoms in total. The van der Waals surface area contributed by atoms with E-state index >= 15 is 0 Å². The molecule has 0 atom stereocenters. The molecule has 0 spiro atoms. The van der Waals surface area contributed by atoms with Gasteiger partial charge in [0.2, 0.25) is 0 Å². The van der Waals surface area contributed by atoms with Gasteiger partial charge in [-0.2, -0.15) is 0 Å². The molecule has 1 heterocycles. The van der Waals surface area contributed by atoms with Gasteiger partial charge < -0.3 is 4.74 Å². The van der Waals surface area contributed by atoms with Gasteiger partial charge in [0.25, 0.3) is 0 Å². The zero-order valence-corrected chi connectivity index (χ0v) is 8.58. The third-order valence-electron chi connectivity index (χ3n) is 1.31. The first-order chi connectivity index (χ1) is 5.20. The fourth-order valence-corrected chi connectivity index (χ4v) is 2.38. The zero-order chi connectivity index (χ0) is 8.43. The number of methoxy groups -OCH3 is 1. The minimum Gasteiger partial charge on any atom is -0.494 e. The van der Waals surface area contributed by atoms with Crippen molar-refractivity contribution in [2.24, 2.45) is 0 Å². The standard InChI is InChI=1S/C7H7BrO2S/c1-4-6(8)7(10-2)5(3-9)11-4/h3H,1-2H3. The van der Waals surface area contributed by atoms with Gasteiger partial charge in [-0.05, 0) is 22.9 Å². The van der Waals surface area contributed by atoms with Crippen LogP contribution in [-0.2, 0) is 0 Å². The Balaban J connectivity index is 3.26. The van der Waals surface area contributed by atoms with Crippen LogP contribution < -0.4 is 4.74 Å². The Morgan fingerprint density at radius 3 is 2.64 bits per heavy atom. The molecule has 0 fully saturated rings. The molecule has 0 radical (unpaired) electrons. The number of hydrogen-bond donors (Lipinski definition) is 0. The Morgan fingerprint density at radius 2 is 2.27 bits per heavy atom. The van der Waals surface area contributed by atoms with Crippen LogP contribution in [0.15, 0.2) is 4.47 Å². The van der Waals surface area contributed by atoms with E-state index in [1.165, 1.54) is 11.3 Å². The van der Waals surface area contributed by atoms with Crippen LogP contribution in [0, 0.1) is 6.92 Å². The summed E-state index contributed by atoms with van der Waals surface area (Å²) < 4.78 is 5.90. The number of rotatable bonds is 2. The minimum absolute atomic E-state index is 0.636. The molecule has 1 aromatic rings. The molecule has 0 aliphatic heterocycles. The van der Waals surface area contributed by atoms with Gasteiger partial charge >= 0.3 is 0 Å². The van der Waals surface area contributed by atoms with E-state index in [0.29, 0.717) is 10.6 Å². The monoisotopic (exact) mass is 234 g/mol. The first kappa shape index (κ1) is 8.74. The molecule has 0 amide bonds. The third kappa shape index (κ3) is 1.46.